The van der Waals surface area contributed by atoms with E-state index in [0.29, 0.717) is 17.8 Å². The van der Waals surface area contributed by atoms with Gasteiger partial charge in [-0.1, -0.05) is 17.0 Å². The van der Waals surface area contributed by atoms with E-state index in [1.807, 2.05) is 0 Å². The van der Waals surface area contributed by atoms with Crippen molar-refractivity contribution in [2.24, 2.45) is 5.84 Å². The van der Waals surface area contributed by atoms with Crippen LogP contribution in [0.1, 0.15) is 18.5 Å². The zero-order valence-electron chi connectivity index (χ0n) is 23.9. The van der Waals surface area contributed by atoms with Crippen LogP contribution in [0, 0.1) is 23.3 Å². The average Bonchev–Trinajstić information content (AvgIpc) is 3.51. The number of benzene rings is 1. The molecule has 2 aromatic heterocycles. The Kier molecular flexibility index (Phi) is 10.4. The number of nitrogens with one attached hydrogen (secondary N) is 2. The minimum atomic E-state index is -1.68. The molecule has 3 aromatic rings. The molecule has 46 heavy (non-hydrogen) atoms. The van der Waals surface area contributed by atoms with Gasteiger partial charge in [-0.05, 0) is 31.2 Å². The fourth-order valence-corrected chi connectivity index (χ4v) is 6.50. The van der Waals surface area contributed by atoms with Crippen LogP contribution in [0.2, 0.25) is 0 Å². The predicted molar refractivity (Wildman–Crippen MR) is 152 cm³/mol. The van der Waals surface area contributed by atoms with Crippen molar-refractivity contribution >= 4 is 17.5 Å². The summed E-state index contributed by atoms with van der Waals surface area (Å²) in [7, 11) is 0. The van der Waals surface area contributed by atoms with Crippen LogP contribution in [0.5, 0.6) is 0 Å². The smallest absolute Gasteiger partial charge is 0.194 e. The van der Waals surface area contributed by atoms with Crippen molar-refractivity contribution < 1.29 is 52.6 Å². The molecular weight excluding hydrogens is 642 g/mol. The van der Waals surface area contributed by atoms with E-state index in [2.05, 4.69) is 26.0 Å². The number of hydrazine groups is 1. The van der Waals surface area contributed by atoms with Gasteiger partial charge in [0, 0.05) is 11.8 Å². The van der Waals surface area contributed by atoms with E-state index in [9.17, 15) is 43.1 Å². The molecule has 2 aliphatic heterocycles. The van der Waals surface area contributed by atoms with Gasteiger partial charge in [0.15, 0.2) is 17.5 Å². The van der Waals surface area contributed by atoms with Crippen molar-refractivity contribution in [3.63, 3.8) is 0 Å². The molecule has 0 aliphatic carbocycles. The van der Waals surface area contributed by atoms with E-state index < -0.39 is 89.5 Å². The van der Waals surface area contributed by atoms with E-state index in [1.54, 1.807) is 6.92 Å². The van der Waals surface area contributed by atoms with E-state index in [0.717, 1.165) is 24.2 Å². The van der Waals surface area contributed by atoms with Gasteiger partial charge in [-0.3, -0.25) is 10.8 Å². The third kappa shape index (κ3) is 6.82. The first-order valence-electron chi connectivity index (χ1n) is 13.8. The van der Waals surface area contributed by atoms with Crippen LogP contribution in [-0.2, 0) is 9.47 Å². The van der Waals surface area contributed by atoms with Crippen LogP contribution in [0.3, 0.4) is 0 Å². The summed E-state index contributed by atoms with van der Waals surface area (Å²) in [6, 6.07) is 1.56. The summed E-state index contributed by atoms with van der Waals surface area (Å²) in [5.41, 5.74) is -0.0137. The van der Waals surface area contributed by atoms with Gasteiger partial charge in [0.2, 0.25) is 0 Å². The summed E-state index contributed by atoms with van der Waals surface area (Å²) >= 11 is 0.798. The van der Waals surface area contributed by atoms with Crippen molar-refractivity contribution in [3.05, 3.63) is 71.7 Å². The summed E-state index contributed by atoms with van der Waals surface area (Å²) < 4.78 is 67.1. The molecule has 19 heteroatoms. The second kappa shape index (κ2) is 14.2. The molecule has 9 N–H and O–H groups in total. The Labute approximate surface area is 262 Å². The molecule has 0 saturated carbocycles. The molecule has 1 aromatic carbocycles. The molecule has 0 radical (unpaired) electrons. The third-order valence-electron chi connectivity index (χ3n) is 7.64. The van der Waals surface area contributed by atoms with Crippen LogP contribution in [0.4, 0.5) is 17.6 Å². The maximum absolute atomic E-state index is 13.8. The number of hydrogen-bond acceptors (Lipinski definition) is 14. The van der Waals surface area contributed by atoms with Crippen LogP contribution < -0.4 is 16.6 Å². The Balaban J connectivity index is 1.35. The van der Waals surface area contributed by atoms with E-state index >= 15 is 0 Å². The first kappa shape index (κ1) is 33.9. The maximum Gasteiger partial charge on any atom is 0.194 e. The molecule has 2 aliphatic rings. The number of aliphatic hydroxyl groups excluding tert-OH is 5. The Morgan fingerprint density at radius 3 is 2.33 bits per heavy atom. The minimum Gasteiger partial charge on any atom is -0.394 e. The molecule has 10 atom stereocenters. The number of rotatable bonds is 9. The van der Waals surface area contributed by atoms with Crippen molar-refractivity contribution in [2.45, 2.75) is 66.5 Å². The van der Waals surface area contributed by atoms with Gasteiger partial charge in [0.1, 0.15) is 58.9 Å². The number of aliphatic hydroxyl groups is 5. The molecule has 2 fully saturated rings. The van der Waals surface area contributed by atoms with Crippen molar-refractivity contribution in [1.29, 1.82) is 0 Å². The molecule has 5 rings (SSSR count). The lowest BCUT2D eigenvalue weighted by atomic mass is 9.97. The zero-order chi connectivity index (χ0) is 33.3. The number of halogens is 4. The van der Waals surface area contributed by atoms with Gasteiger partial charge in [-0.2, -0.15) is 0 Å². The van der Waals surface area contributed by atoms with Crippen LogP contribution in [0.25, 0.3) is 17.1 Å². The van der Waals surface area contributed by atoms with Crippen molar-refractivity contribution in [2.75, 3.05) is 6.61 Å². The Hall–Kier alpha value is -3.40. The molecule has 5 unspecified atom stereocenters. The summed E-state index contributed by atoms with van der Waals surface area (Å²) in [5.74, 6) is 0.307. The largest absolute Gasteiger partial charge is 0.394 e. The fourth-order valence-electron chi connectivity index (χ4n) is 5.13. The SMILES string of the molecule is C[C@H]1O[C@@H](S[C@@H]2OC(CO)[C@H](O)C(N/C=C(\NN)c3cc(F)c(F)c(F)c3)C2O)[C@H](O)C(n2cc(-c3ccc(F)cn3)nn2)C1O. The van der Waals surface area contributed by atoms with Crippen LogP contribution in [-0.4, -0.2) is 106 Å². The molecule has 250 valence electrons. The third-order valence-corrected chi connectivity index (χ3v) is 8.95. The maximum atomic E-state index is 13.8. The molecular formula is C27H31F4N7O7S. The molecule has 2 saturated heterocycles. The zero-order valence-corrected chi connectivity index (χ0v) is 24.7. The van der Waals surface area contributed by atoms with Gasteiger partial charge < -0.3 is 45.7 Å². The summed E-state index contributed by atoms with van der Waals surface area (Å²) in [6.45, 7) is 0.862. The number of aromatic nitrogens is 4. The van der Waals surface area contributed by atoms with Crippen molar-refractivity contribution in [3.8, 4) is 11.4 Å². The summed E-state index contributed by atoms with van der Waals surface area (Å²) in [6.07, 6.45) is -4.43. The van der Waals surface area contributed by atoms with Gasteiger partial charge in [-0.15, -0.1) is 5.10 Å². The number of thioether (sulfide) groups is 1. The van der Waals surface area contributed by atoms with E-state index in [-0.39, 0.29) is 17.0 Å². The normalized spacial score (nSPS) is 31.9. The lowest BCUT2D eigenvalue weighted by Crippen LogP contribution is -2.63. The standard InChI is InChI=1S/C27H31F4N7O7S/c1-10-22(40)21(38-8-17(36-37-38)15-3-2-12(28)6-33-15)25(43)27(44-10)46-26-24(42)20(23(41)18(9-39)45-26)34-7-16(35-32)11-4-13(29)19(31)14(30)5-11/h2-8,10,18,20-27,34-35,39-43H,9,32H2,1H3/b16-7-/t10-,18?,20?,21?,22?,23+,24?,25-,26+,27+/m1/s1. The predicted octanol–water partition coefficient (Wildman–Crippen LogP) is -0.503. The number of ether oxygens (including phenoxy) is 2. The topological polar surface area (TPSA) is 213 Å². The summed E-state index contributed by atoms with van der Waals surface area (Å²) in [5, 5.41) is 64.8. The first-order valence-corrected chi connectivity index (χ1v) is 14.8. The molecule has 0 bridgehead atoms. The second-order valence-electron chi connectivity index (χ2n) is 10.6. The minimum absolute atomic E-state index is 0.145. The Bertz CT molecular complexity index is 1520. The highest BCUT2D eigenvalue weighted by Gasteiger charge is 2.50. The molecule has 4 heterocycles. The van der Waals surface area contributed by atoms with Gasteiger partial charge in [0.25, 0.3) is 0 Å². The number of nitrogens with zero attached hydrogens (tertiary/aromatic N) is 4. The van der Waals surface area contributed by atoms with Crippen LogP contribution in [0.15, 0.2) is 42.9 Å². The summed E-state index contributed by atoms with van der Waals surface area (Å²) in [4.78, 5) is 3.95. The number of hydrogen-bond donors (Lipinski definition) is 8. The van der Waals surface area contributed by atoms with Gasteiger partial charge in [-0.25, -0.2) is 22.2 Å². The number of pyridine rings is 1. The van der Waals surface area contributed by atoms with Gasteiger partial charge >= 0.3 is 0 Å². The molecule has 14 nitrogen and oxygen atoms in total. The molecule has 0 amide bonds. The highest BCUT2D eigenvalue weighted by Crippen LogP contribution is 2.40. The fraction of sp³-hybridized carbons (Fsp3) is 0.444. The average molecular weight is 674 g/mol. The molecule has 0 spiro atoms. The van der Waals surface area contributed by atoms with Crippen LogP contribution >= 0.6 is 11.8 Å². The quantitative estimate of drug-likeness (QED) is 0.0623. The van der Waals surface area contributed by atoms with E-state index in [1.165, 1.54) is 23.0 Å². The highest BCUT2D eigenvalue weighted by atomic mass is 32.2. The second-order valence-corrected chi connectivity index (χ2v) is 11.8. The highest BCUT2D eigenvalue weighted by molar-refractivity contribution is 8.00. The lowest BCUT2D eigenvalue weighted by molar-refractivity contribution is -0.174. The van der Waals surface area contributed by atoms with E-state index in [4.69, 9.17) is 15.3 Å². The lowest BCUT2D eigenvalue weighted by Gasteiger charge is -2.46. The first-order chi connectivity index (χ1) is 21.9. The number of nitrogens with two attached hydrogens (primary N) is 1. The Morgan fingerprint density at radius 2 is 1.70 bits per heavy atom. The monoisotopic (exact) mass is 673 g/mol. The Morgan fingerprint density at radius 1 is 1.00 bits per heavy atom. The van der Waals surface area contributed by atoms with Crippen molar-refractivity contribution in [1.82, 2.24) is 30.7 Å². The van der Waals surface area contributed by atoms with Gasteiger partial charge in [0.05, 0.1) is 42.5 Å².